The standard InChI is InChI=1S/C26H27F6N5O4/c1-14(2)40-16-8-6-7-15(11-16)13-37-10-5-3-4-9-24(39,26(30,31)32)23-36-35-21(41-23)20-18(33)12-17(25(27,28)29)19(34-20)22(37)38/h6-8,11-12,14,39H,3-5,9-10,13,33H2,1-2H3/t24-/m1/s1. The highest BCUT2D eigenvalue weighted by Crippen LogP contribution is 2.43. The van der Waals surface area contributed by atoms with Gasteiger partial charge in [0.15, 0.2) is 5.69 Å². The monoisotopic (exact) mass is 587 g/mol. The number of amides is 1. The Morgan fingerprint density at radius 1 is 1.10 bits per heavy atom. The number of hydrogen-bond acceptors (Lipinski definition) is 8. The Morgan fingerprint density at radius 3 is 2.49 bits per heavy atom. The number of hydrogen-bond donors (Lipinski definition) is 2. The van der Waals surface area contributed by atoms with E-state index in [0.717, 1.165) is 4.90 Å². The van der Waals surface area contributed by atoms with Crippen molar-refractivity contribution in [1.82, 2.24) is 20.1 Å². The van der Waals surface area contributed by atoms with Gasteiger partial charge >= 0.3 is 12.4 Å². The predicted molar refractivity (Wildman–Crippen MR) is 132 cm³/mol. The van der Waals surface area contributed by atoms with Crippen LogP contribution in [0.3, 0.4) is 0 Å². The van der Waals surface area contributed by atoms with Crippen molar-refractivity contribution in [3.8, 4) is 17.3 Å². The second-order valence-corrected chi connectivity index (χ2v) is 9.94. The van der Waals surface area contributed by atoms with Gasteiger partial charge in [-0.2, -0.15) is 26.3 Å². The highest BCUT2D eigenvalue weighted by atomic mass is 19.4. The molecule has 0 saturated carbocycles. The van der Waals surface area contributed by atoms with Crippen molar-refractivity contribution in [3.63, 3.8) is 0 Å². The van der Waals surface area contributed by atoms with Gasteiger partial charge in [0.25, 0.3) is 17.7 Å². The van der Waals surface area contributed by atoms with Crippen LogP contribution in [-0.4, -0.2) is 49.9 Å². The summed E-state index contributed by atoms with van der Waals surface area (Å²) in [4.78, 5) is 18.6. The van der Waals surface area contributed by atoms with Crippen LogP contribution in [0.5, 0.6) is 5.75 Å². The maximum absolute atomic E-state index is 14.0. The minimum Gasteiger partial charge on any atom is -0.491 e. The minimum atomic E-state index is -5.21. The zero-order valence-electron chi connectivity index (χ0n) is 22.0. The molecule has 1 aliphatic rings. The van der Waals surface area contributed by atoms with E-state index in [1.54, 1.807) is 24.3 Å². The molecule has 0 radical (unpaired) electrons. The Balaban J connectivity index is 1.83. The molecular formula is C26H27F6N5O4. The number of carbonyl (C=O) groups is 1. The fraction of sp³-hybridized carbons (Fsp3) is 0.462. The Morgan fingerprint density at radius 2 is 1.83 bits per heavy atom. The van der Waals surface area contributed by atoms with E-state index < -0.39 is 64.7 Å². The summed E-state index contributed by atoms with van der Waals surface area (Å²) in [5.41, 5.74) is -0.994. The number of nitrogens with zero attached hydrogens (tertiary/aromatic N) is 4. The van der Waals surface area contributed by atoms with Crippen LogP contribution in [0.4, 0.5) is 32.0 Å². The van der Waals surface area contributed by atoms with Crippen LogP contribution in [0, 0.1) is 0 Å². The van der Waals surface area contributed by atoms with Crippen LogP contribution in [-0.2, 0) is 18.3 Å². The topological polar surface area (TPSA) is 128 Å². The molecule has 15 heteroatoms. The van der Waals surface area contributed by atoms with Crippen LogP contribution < -0.4 is 10.5 Å². The van der Waals surface area contributed by atoms with E-state index in [2.05, 4.69) is 15.2 Å². The number of aliphatic hydroxyl groups is 1. The number of carbonyl (C=O) groups excluding carboxylic acids is 1. The van der Waals surface area contributed by atoms with Crippen molar-refractivity contribution in [2.75, 3.05) is 12.3 Å². The number of halogens is 6. The minimum absolute atomic E-state index is 0.0895. The normalized spacial score (nSPS) is 18.9. The third-order valence-electron chi connectivity index (χ3n) is 6.41. The summed E-state index contributed by atoms with van der Waals surface area (Å²) < 4.78 is 94.6. The lowest BCUT2D eigenvalue weighted by molar-refractivity contribution is -0.277. The van der Waals surface area contributed by atoms with Gasteiger partial charge in [-0.15, -0.1) is 10.2 Å². The molecule has 3 heterocycles. The van der Waals surface area contributed by atoms with Gasteiger partial charge in [0.05, 0.1) is 17.4 Å². The molecule has 0 spiro atoms. The number of alkyl halides is 6. The molecule has 222 valence electrons. The van der Waals surface area contributed by atoms with Crippen molar-refractivity contribution < 1.29 is 45.4 Å². The lowest BCUT2D eigenvalue weighted by atomic mass is 9.95. The summed E-state index contributed by atoms with van der Waals surface area (Å²) in [5.74, 6) is -2.60. The summed E-state index contributed by atoms with van der Waals surface area (Å²) >= 11 is 0. The van der Waals surface area contributed by atoms with E-state index >= 15 is 0 Å². The van der Waals surface area contributed by atoms with E-state index in [1.807, 2.05) is 13.8 Å². The molecule has 1 amide bonds. The number of benzene rings is 1. The molecule has 1 aliphatic heterocycles. The quantitative estimate of drug-likeness (QED) is 0.384. The van der Waals surface area contributed by atoms with Gasteiger partial charge < -0.3 is 24.9 Å². The zero-order valence-corrected chi connectivity index (χ0v) is 22.0. The number of pyridine rings is 1. The molecule has 1 aromatic carbocycles. The molecule has 3 N–H and O–H groups in total. The fourth-order valence-electron chi connectivity index (χ4n) is 4.41. The van der Waals surface area contributed by atoms with Gasteiger partial charge in [0, 0.05) is 13.1 Å². The molecule has 0 saturated heterocycles. The van der Waals surface area contributed by atoms with Crippen molar-refractivity contribution in [2.24, 2.45) is 0 Å². The number of rotatable bonds is 4. The molecular weight excluding hydrogens is 560 g/mol. The average molecular weight is 588 g/mol. The van der Waals surface area contributed by atoms with E-state index in [0.29, 0.717) is 17.4 Å². The number of ether oxygens (including phenoxy) is 1. The Kier molecular flexibility index (Phi) is 8.21. The SMILES string of the molecule is CC(C)Oc1cccc(CN2CCCCC[C@](O)(C(F)(F)F)c3nnc(o3)-c3nc(c(C(F)(F)F)cc3N)C2=O)c1. The van der Waals surface area contributed by atoms with Crippen LogP contribution in [0.15, 0.2) is 34.7 Å². The maximum Gasteiger partial charge on any atom is 0.426 e. The second kappa shape index (κ2) is 11.2. The van der Waals surface area contributed by atoms with Gasteiger partial charge in [-0.25, -0.2) is 4.98 Å². The molecule has 4 bridgehead atoms. The van der Waals surface area contributed by atoms with Gasteiger partial charge in [-0.1, -0.05) is 18.6 Å². The third kappa shape index (κ3) is 6.39. The molecule has 0 aliphatic carbocycles. The average Bonchev–Trinajstić information content (AvgIpc) is 3.36. The lowest BCUT2D eigenvalue weighted by Crippen LogP contribution is -2.42. The summed E-state index contributed by atoms with van der Waals surface area (Å²) in [6.45, 7) is 3.36. The fourth-order valence-corrected chi connectivity index (χ4v) is 4.41. The Labute approximate surface area is 230 Å². The van der Waals surface area contributed by atoms with E-state index in [1.165, 1.54) is 0 Å². The van der Waals surface area contributed by atoms with Gasteiger partial charge in [-0.3, -0.25) is 4.79 Å². The Bertz CT molecular complexity index is 1410. The molecule has 2 aromatic heterocycles. The van der Waals surface area contributed by atoms with Gasteiger partial charge in [0.2, 0.25) is 5.60 Å². The lowest BCUT2D eigenvalue weighted by Gasteiger charge is -2.28. The molecule has 1 atom stereocenters. The number of nitrogens with two attached hydrogens (primary N) is 1. The molecule has 0 fully saturated rings. The van der Waals surface area contributed by atoms with Crippen LogP contribution in [0.2, 0.25) is 0 Å². The van der Waals surface area contributed by atoms with Gasteiger partial charge in [0.1, 0.15) is 11.4 Å². The highest BCUT2D eigenvalue weighted by molar-refractivity contribution is 5.95. The number of aromatic nitrogens is 3. The number of nitrogen functional groups attached to an aromatic ring is 1. The predicted octanol–water partition coefficient (Wildman–Crippen LogP) is 5.49. The first kappa shape index (κ1) is 30.1. The summed E-state index contributed by atoms with van der Waals surface area (Å²) in [6, 6.07) is 7.07. The largest absolute Gasteiger partial charge is 0.491 e. The smallest absolute Gasteiger partial charge is 0.426 e. The first-order chi connectivity index (χ1) is 19.1. The molecule has 4 rings (SSSR count). The van der Waals surface area contributed by atoms with Crippen molar-refractivity contribution in [3.05, 3.63) is 53.0 Å². The van der Waals surface area contributed by atoms with Crippen LogP contribution in [0.25, 0.3) is 11.6 Å². The first-order valence-electron chi connectivity index (χ1n) is 12.7. The Hall–Kier alpha value is -3.88. The third-order valence-corrected chi connectivity index (χ3v) is 6.41. The summed E-state index contributed by atoms with van der Waals surface area (Å²) in [6.07, 6.45) is -11.2. The summed E-state index contributed by atoms with van der Waals surface area (Å²) in [5, 5.41) is 17.3. The van der Waals surface area contributed by atoms with Gasteiger partial charge in [-0.05, 0) is 56.9 Å². The molecule has 41 heavy (non-hydrogen) atoms. The van der Waals surface area contributed by atoms with Crippen molar-refractivity contribution in [2.45, 2.75) is 70.1 Å². The zero-order chi connectivity index (χ0) is 30.2. The number of anilines is 1. The van der Waals surface area contributed by atoms with E-state index in [-0.39, 0.29) is 38.5 Å². The molecule has 9 nitrogen and oxygen atoms in total. The highest BCUT2D eigenvalue weighted by Gasteiger charge is 2.58. The second-order valence-electron chi connectivity index (χ2n) is 9.94. The van der Waals surface area contributed by atoms with E-state index in [4.69, 9.17) is 14.9 Å². The van der Waals surface area contributed by atoms with Crippen LogP contribution >= 0.6 is 0 Å². The maximum atomic E-state index is 14.0. The molecule has 0 unspecified atom stereocenters. The van der Waals surface area contributed by atoms with Crippen LogP contribution in [0.1, 0.15) is 67.0 Å². The van der Waals surface area contributed by atoms with Crippen molar-refractivity contribution >= 4 is 11.6 Å². The molecule has 3 aromatic rings. The first-order valence-corrected chi connectivity index (χ1v) is 12.7. The van der Waals surface area contributed by atoms with E-state index in [9.17, 15) is 36.2 Å². The number of fused-ring (bicyclic) bond motifs is 5. The summed E-state index contributed by atoms with van der Waals surface area (Å²) in [7, 11) is 0. The van der Waals surface area contributed by atoms with Crippen molar-refractivity contribution in [1.29, 1.82) is 0 Å².